The molecule has 5 heteroatoms. The van der Waals surface area contributed by atoms with Crippen molar-refractivity contribution in [3.63, 3.8) is 0 Å². The number of aromatic nitrogens is 3. The fraction of sp³-hybridized carbons (Fsp3) is 0.375. The van der Waals surface area contributed by atoms with Gasteiger partial charge in [0, 0.05) is 24.4 Å². The molecular weight excluding hydrogens is 360 g/mol. The quantitative estimate of drug-likeness (QED) is 0.630. The molecule has 2 aromatic heterocycles. The minimum Gasteiger partial charge on any atom is -0.352 e. The largest absolute Gasteiger partial charge is 0.352 e. The van der Waals surface area contributed by atoms with Gasteiger partial charge in [-0.05, 0) is 57.1 Å². The van der Waals surface area contributed by atoms with E-state index in [0.29, 0.717) is 17.8 Å². The molecular formula is C24H28N4O. The zero-order chi connectivity index (χ0) is 20.2. The maximum Gasteiger partial charge on any atom is 0.256 e. The molecule has 1 aromatic carbocycles. The van der Waals surface area contributed by atoms with Gasteiger partial charge >= 0.3 is 0 Å². The van der Waals surface area contributed by atoms with Gasteiger partial charge in [-0.3, -0.25) is 4.79 Å². The van der Waals surface area contributed by atoms with Crippen LogP contribution in [0.15, 0.2) is 48.2 Å². The highest BCUT2D eigenvalue weighted by Crippen LogP contribution is 2.21. The first-order valence-corrected chi connectivity index (χ1v) is 10.5. The molecule has 0 bridgehead atoms. The number of rotatable bonds is 6. The number of fused-ring (bicyclic) bond motifs is 1. The number of nitrogens with zero attached hydrogens (tertiary/aromatic N) is 3. The van der Waals surface area contributed by atoms with Gasteiger partial charge < -0.3 is 5.32 Å². The molecule has 0 atom stereocenters. The number of hydrogen-bond donors (Lipinski definition) is 1. The van der Waals surface area contributed by atoms with Crippen LogP contribution in [0.2, 0.25) is 0 Å². The third-order valence-corrected chi connectivity index (χ3v) is 5.79. The highest BCUT2D eigenvalue weighted by atomic mass is 16.1. The summed E-state index contributed by atoms with van der Waals surface area (Å²) in [6, 6.07) is 10.4. The van der Waals surface area contributed by atoms with Crippen LogP contribution >= 0.6 is 0 Å². The van der Waals surface area contributed by atoms with E-state index in [9.17, 15) is 4.79 Å². The fourth-order valence-electron chi connectivity index (χ4n) is 4.09. The van der Waals surface area contributed by atoms with Crippen molar-refractivity contribution >= 4 is 11.6 Å². The standard InChI is InChI=1S/C24H28N4O/c1-17-21(15-20-11-7-4-8-12-20)18(2)28-23(27-17)22(16-26-28)24(29)25-14-13-19-9-5-3-6-10-19/h4,7-9,11-12,16H,3,5-6,10,13-15H2,1-2H3,(H,25,29). The van der Waals surface area contributed by atoms with E-state index in [-0.39, 0.29) is 5.91 Å². The molecule has 0 unspecified atom stereocenters. The van der Waals surface area contributed by atoms with Gasteiger partial charge in [0.2, 0.25) is 0 Å². The summed E-state index contributed by atoms with van der Waals surface area (Å²) in [4.78, 5) is 17.5. The minimum atomic E-state index is -0.0986. The topological polar surface area (TPSA) is 59.3 Å². The van der Waals surface area contributed by atoms with Crippen molar-refractivity contribution in [2.45, 2.75) is 52.4 Å². The maximum atomic E-state index is 12.7. The van der Waals surface area contributed by atoms with E-state index in [1.807, 2.05) is 32.0 Å². The summed E-state index contributed by atoms with van der Waals surface area (Å²) in [6.07, 6.45) is 10.6. The maximum absolute atomic E-state index is 12.7. The van der Waals surface area contributed by atoms with Crippen LogP contribution in [0.1, 0.15) is 65.0 Å². The van der Waals surface area contributed by atoms with Crippen LogP contribution in [0, 0.1) is 13.8 Å². The summed E-state index contributed by atoms with van der Waals surface area (Å²) >= 11 is 0. The first-order chi connectivity index (χ1) is 14.1. The second-order valence-corrected chi connectivity index (χ2v) is 7.83. The molecule has 4 rings (SSSR count). The normalized spacial score (nSPS) is 14.1. The number of carbonyl (C=O) groups is 1. The number of benzene rings is 1. The zero-order valence-corrected chi connectivity index (χ0v) is 17.2. The summed E-state index contributed by atoms with van der Waals surface area (Å²) in [5.41, 5.74) is 7.01. The third-order valence-electron chi connectivity index (χ3n) is 5.79. The zero-order valence-electron chi connectivity index (χ0n) is 17.2. The first kappa shape index (κ1) is 19.4. The molecule has 29 heavy (non-hydrogen) atoms. The van der Waals surface area contributed by atoms with Gasteiger partial charge in [-0.15, -0.1) is 0 Å². The first-order valence-electron chi connectivity index (χ1n) is 10.5. The van der Waals surface area contributed by atoms with E-state index in [0.717, 1.165) is 36.2 Å². The Balaban J connectivity index is 1.52. The van der Waals surface area contributed by atoms with Crippen LogP contribution in [0.4, 0.5) is 0 Å². The van der Waals surface area contributed by atoms with Crippen LogP contribution in [-0.4, -0.2) is 27.0 Å². The molecule has 1 aliphatic rings. The van der Waals surface area contributed by atoms with Gasteiger partial charge in [-0.25, -0.2) is 9.50 Å². The monoisotopic (exact) mass is 388 g/mol. The Labute approximate surface area is 171 Å². The molecule has 0 saturated carbocycles. The minimum absolute atomic E-state index is 0.0986. The highest BCUT2D eigenvalue weighted by Gasteiger charge is 2.18. The number of amides is 1. The molecule has 0 fully saturated rings. The molecule has 3 aromatic rings. The van der Waals surface area contributed by atoms with Gasteiger partial charge in [0.1, 0.15) is 5.56 Å². The SMILES string of the molecule is Cc1nc2c(C(=O)NCCC3=CCCCC3)cnn2c(C)c1Cc1ccccc1. The summed E-state index contributed by atoms with van der Waals surface area (Å²) in [5, 5.41) is 7.51. The van der Waals surface area contributed by atoms with Gasteiger partial charge in [0.05, 0.1) is 6.20 Å². The highest BCUT2D eigenvalue weighted by molar-refractivity contribution is 5.99. The fourth-order valence-corrected chi connectivity index (χ4v) is 4.09. The molecule has 150 valence electrons. The van der Waals surface area contributed by atoms with E-state index < -0.39 is 0 Å². The van der Waals surface area contributed by atoms with Crippen LogP contribution in [0.5, 0.6) is 0 Å². The van der Waals surface area contributed by atoms with Gasteiger partial charge in [0.15, 0.2) is 5.65 Å². The molecule has 2 heterocycles. The third kappa shape index (κ3) is 4.24. The average Bonchev–Trinajstić information content (AvgIpc) is 3.16. The molecule has 0 radical (unpaired) electrons. The molecule has 1 aliphatic carbocycles. The number of aryl methyl sites for hydroxylation is 2. The molecule has 0 saturated heterocycles. The smallest absolute Gasteiger partial charge is 0.256 e. The lowest BCUT2D eigenvalue weighted by Gasteiger charge is -2.13. The molecule has 0 aliphatic heterocycles. The van der Waals surface area contributed by atoms with Crippen LogP contribution in [0.3, 0.4) is 0 Å². The molecule has 5 nitrogen and oxygen atoms in total. The molecule has 0 spiro atoms. The Kier molecular flexibility index (Phi) is 5.74. The summed E-state index contributed by atoms with van der Waals surface area (Å²) in [5.74, 6) is -0.0986. The van der Waals surface area contributed by atoms with Crippen LogP contribution < -0.4 is 5.32 Å². The summed E-state index contributed by atoms with van der Waals surface area (Å²) < 4.78 is 1.80. The van der Waals surface area contributed by atoms with E-state index in [1.54, 1.807) is 10.7 Å². The number of hydrogen-bond acceptors (Lipinski definition) is 3. The Hall–Kier alpha value is -2.95. The van der Waals surface area contributed by atoms with Crippen molar-refractivity contribution in [2.24, 2.45) is 0 Å². The second-order valence-electron chi connectivity index (χ2n) is 7.83. The van der Waals surface area contributed by atoms with E-state index in [4.69, 9.17) is 4.98 Å². The molecule has 1 amide bonds. The number of allylic oxidation sites excluding steroid dienone is 1. The van der Waals surface area contributed by atoms with E-state index in [1.165, 1.54) is 30.4 Å². The Morgan fingerprint density at radius 2 is 2.00 bits per heavy atom. The van der Waals surface area contributed by atoms with Crippen molar-refractivity contribution < 1.29 is 4.79 Å². The Bertz CT molecular complexity index is 1050. The lowest BCUT2D eigenvalue weighted by atomic mass is 9.97. The van der Waals surface area contributed by atoms with E-state index >= 15 is 0 Å². The Morgan fingerprint density at radius 3 is 2.76 bits per heavy atom. The second kappa shape index (κ2) is 8.60. The van der Waals surface area contributed by atoms with Crippen molar-refractivity contribution in [1.29, 1.82) is 0 Å². The number of nitrogens with one attached hydrogen (secondary N) is 1. The predicted molar refractivity (Wildman–Crippen MR) is 115 cm³/mol. The van der Waals surface area contributed by atoms with Crippen molar-refractivity contribution in [1.82, 2.24) is 19.9 Å². The average molecular weight is 389 g/mol. The van der Waals surface area contributed by atoms with Gasteiger partial charge in [-0.2, -0.15) is 5.10 Å². The van der Waals surface area contributed by atoms with Crippen LogP contribution in [0.25, 0.3) is 5.65 Å². The lowest BCUT2D eigenvalue weighted by Crippen LogP contribution is -2.25. The predicted octanol–water partition coefficient (Wildman–Crippen LogP) is 4.56. The molecule has 1 N–H and O–H groups in total. The summed E-state index contributed by atoms with van der Waals surface area (Å²) in [7, 11) is 0. The van der Waals surface area contributed by atoms with Crippen molar-refractivity contribution in [3.8, 4) is 0 Å². The lowest BCUT2D eigenvalue weighted by molar-refractivity contribution is 0.0955. The Morgan fingerprint density at radius 1 is 1.17 bits per heavy atom. The van der Waals surface area contributed by atoms with Crippen LogP contribution in [-0.2, 0) is 6.42 Å². The van der Waals surface area contributed by atoms with Crippen molar-refractivity contribution in [2.75, 3.05) is 6.54 Å². The van der Waals surface area contributed by atoms with Gasteiger partial charge in [0.25, 0.3) is 5.91 Å². The summed E-state index contributed by atoms with van der Waals surface area (Å²) in [6.45, 7) is 4.71. The number of carbonyl (C=O) groups excluding carboxylic acids is 1. The van der Waals surface area contributed by atoms with Gasteiger partial charge in [-0.1, -0.05) is 42.0 Å². The van der Waals surface area contributed by atoms with Crippen molar-refractivity contribution in [3.05, 3.63) is 76.3 Å². The van der Waals surface area contributed by atoms with E-state index in [2.05, 4.69) is 28.6 Å².